The van der Waals surface area contributed by atoms with Crippen LogP contribution in [0.25, 0.3) is 10.9 Å². The van der Waals surface area contributed by atoms with Crippen LogP contribution in [0.5, 0.6) is 5.75 Å². The standard InChI is InChI=1S/C19H22N4O3/c1-5-26-19(24)16-11-20-17-7-6-14(25-4)8-15(17)18(16)21-9-13-10-22-23(3)12(13)2/h6-8,10-11H,5,9H2,1-4H3,(H,20,21). The third-order valence-electron chi connectivity index (χ3n) is 4.36. The summed E-state index contributed by atoms with van der Waals surface area (Å²) >= 11 is 0. The van der Waals surface area contributed by atoms with Gasteiger partial charge in [0.2, 0.25) is 0 Å². The Morgan fingerprint density at radius 3 is 2.77 bits per heavy atom. The fourth-order valence-electron chi connectivity index (χ4n) is 2.75. The Balaban J connectivity index is 2.06. The van der Waals surface area contributed by atoms with Gasteiger partial charge in [-0.1, -0.05) is 0 Å². The molecule has 136 valence electrons. The van der Waals surface area contributed by atoms with Crippen molar-refractivity contribution >= 4 is 22.6 Å². The zero-order chi connectivity index (χ0) is 18.7. The maximum absolute atomic E-state index is 12.4. The van der Waals surface area contributed by atoms with Crippen LogP contribution in [0.2, 0.25) is 0 Å². The monoisotopic (exact) mass is 354 g/mol. The van der Waals surface area contributed by atoms with Crippen LogP contribution < -0.4 is 10.1 Å². The summed E-state index contributed by atoms with van der Waals surface area (Å²) in [6.07, 6.45) is 3.36. The molecule has 0 atom stereocenters. The number of hydrogen-bond donors (Lipinski definition) is 1. The molecule has 0 unspecified atom stereocenters. The number of esters is 1. The van der Waals surface area contributed by atoms with Gasteiger partial charge in [0.15, 0.2) is 0 Å². The molecule has 0 amide bonds. The van der Waals surface area contributed by atoms with Crippen molar-refractivity contribution in [2.24, 2.45) is 7.05 Å². The lowest BCUT2D eigenvalue weighted by Crippen LogP contribution is -2.11. The van der Waals surface area contributed by atoms with Crippen LogP contribution in [0.1, 0.15) is 28.5 Å². The number of fused-ring (bicyclic) bond motifs is 1. The summed E-state index contributed by atoms with van der Waals surface area (Å²) in [6, 6.07) is 5.57. The van der Waals surface area contributed by atoms with Crippen LogP contribution in [-0.4, -0.2) is 34.5 Å². The Morgan fingerprint density at radius 1 is 1.31 bits per heavy atom. The Kier molecular flexibility index (Phi) is 5.06. The first-order chi connectivity index (χ1) is 12.5. The Bertz CT molecular complexity index is 949. The van der Waals surface area contributed by atoms with E-state index in [4.69, 9.17) is 9.47 Å². The van der Waals surface area contributed by atoms with Crippen molar-refractivity contribution in [3.63, 3.8) is 0 Å². The van der Waals surface area contributed by atoms with Crippen molar-refractivity contribution < 1.29 is 14.3 Å². The maximum Gasteiger partial charge on any atom is 0.341 e. The van der Waals surface area contributed by atoms with E-state index in [1.54, 1.807) is 20.2 Å². The summed E-state index contributed by atoms with van der Waals surface area (Å²) in [4.78, 5) is 16.8. The van der Waals surface area contributed by atoms with E-state index >= 15 is 0 Å². The Hall–Kier alpha value is -3.09. The topological polar surface area (TPSA) is 78.3 Å². The molecular formula is C19H22N4O3. The number of carbonyl (C=O) groups is 1. The molecule has 2 aromatic heterocycles. The van der Waals surface area contributed by atoms with Crippen molar-refractivity contribution in [3.05, 3.63) is 47.4 Å². The van der Waals surface area contributed by atoms with Gasteiger partial charge in [-0.05, 0) is 32.0 Å². The molecule has 1 N–H and O–H groups in total. The van der Waals surface area contributed by atoms with Gasteiger partial charge in [-0.2, -0.15) is 5.10 Å². The molecule has 0 aliphatic carbocycles. The lowest BCUT2D eigenvalue weighted by molar-refractivity contribution is 0.0527. The highest BCUT2D eigenvalue weighted by Gasteiger charge is 2.17. The smallest absolute Gasteiger partial charge is 0.341 e. The first kappa shape index (κ1) is 17.7. The van der Waals surface area contributed by atoms with Crippen molar-refractivity contribution in [1.29, 1.82) is 0 Å². The largest absolute Gasteiger partial charge is 0.497 e. The second-order valence-corrected chi connectivity index (χ2v) is 5.88. The van der Waals surface area contributed by atoms with E-state index in [2.05, 4.69) is 15.4 Å². The summed E-state index contributed by atoms with van der Waals surface area (Å²) in [5, 5.41) is 8.43. The van der Waals surface area contributed by atoms with Crippen molar-refractivity contribution in [2.45, 2.75) is 20.4 Å². The highest BCUT2D eigenvalue weighted by atomic mass is 16.5. The van der Waals surface area contributed by atoms with E-state index < -0.39 is 5.97 Å². The lowest BCUT2D eigenvalue weighted by atomic mass is 10.1. The molecule has 0 fully saturated rings. The SMILES string of the molecule is CCOC(=O)c1cnc2ccc(OC)cc2c1NCc1cnn(C)c1C. The number of pyridine rings is 1. The number of benzene rings is 1. The predicted molar refractivity (Wildman–Crippen MR) is 99.5 cm³/mol. The number of aromatic nitrogens is 3. The lowest BCUT2D eigenvalue weighted by Gasteiger charge is -2.14. The second-order valence-electron chi connectivity index (χ2n) is 5.88. The molecule has 3 rings (SSSR count). The minimum atomic E-state index is -0.407. The third kappa shape index (κ3) is 3.33. The van der Waals surface area contributed by atoms with Gasteiger partial charge in [0.05, 0.1) is 31.1 Å². The summed E-state index contributed by atoms with van der Waals surface area (Å²) in [5.74, 6) is 0.288. The van der Waals surface area contributed by atoms with Crippen molar-refractivity contribution in [2.75, 3.05) is 19.0 Å². The predicted octanol–water partition coefficient (Wildman–Crippen LogP) is 3.07. The number of ether oxygens (including phenoxy) is 2. The normalized spacial score (nSPS) is 10.8. The molecule has 0 aliphatic heterocycles. The average Bonchev–Trinajstić information content (AvgIpc) is 2.97. The Morgan fingerprint density at radius 2 is 2.12 bits per heavy atom. The van der Waals surface area contributed by atoms with Crippen LogP contribution in [0, 0.1) is 6.92 Å². The minimum Gasteiger partial charge on any atom is -0.497 e. The highest BCUT2D eigenvalue weighted by Crippen LogP contribution is 2.30. The zero-order valence-electron chi connectivity index (χ0n) is 15.4. The first-order valence-electron chi connectivity index (χ1n) is 8.40. The number of anilines is 1. The average molecular weight is 354 g/mol. The van der Waals surface area contributed by atoms with Crippen LogP contribution in [0.4, 0.5) is 5.69 Å². The van der Waals surface area contributed by atoms with Crippen LogP contribution >= 0.6 is 0 Å². The number of nitrogens with one attached hydrogen (secondary N) is 1. The minimum absolute atomic E-state index is 0.302. The van der Waals surface area contributed by atoms with E-state index in [1.165, 1.54) is 0 Å². The van der Waals surface area contributed by atoms with Gasteiger partial charge in [0.25, 0.3) is 0 Å². The van der Waals surface area contributed by atoms with E-state index in [1.807, 2.05) is 43.0 Å². The zero-order valence-corrected chi connectivity index (χ0v) is 15.4. The van der Waals surface area contributed by atoms with Gasteiger partial charge in [0, 0.05) is 36.4 Å². The quantitative estimate of drug-likeness (QED) is 0.686. The molecule has 1 aromatic carbocycles. The van der Waals surface area contributed by atoms with E-state index in [-0.39, 0.29) is 0 Å². The molecule has 26 heavy (non-hydrogen) atoms. The van der Waals surface area contributed by atoms with Crippen LogP contribution in [-0.2, 0) is 18.3 Å². The molecule has 0 radical (unpaired) electrons. The van der Waals surface area contributed by atoms with E-state index in [0.29, 0.717) is 30.2 Å². The molecule has 2 heterocycles. The molecule has 7 nitrogen and oxygen atoms in total. The van der Waals surface area contributed by atoms with Gasteiger partial charge >= 0.3 is 5.97 Å². The number of nitrogens with zero attached hydrogens (tertiary/aromatic N) is 3. The summed E-state index contributed by atoms with van der Waals surface area (Å²) < 4.78 is 12.3. The molecule has 7 heteroatoms. The van der Waals surface area contributed by atoms with Gasteiger partial charge < -0.3 is 14.8 Å². The number of rotatable bonds is 6. The second kappa shape index (κ2) is 7.43. The maximum atomic E-state index is 12.4. The molecule has 0 saturated heterocycles. The number of methoxy groups -OCH3 is 1. The molecule has 0 spiro atoms. The van der Waals surface area contributed by atoms with Gasteiger partial charge in [-0.15, -0.1) is 0 Å². The third-order valence-corrected chi connectivity index (χ3v) is 4.36. The summed E-state index contributed by atoms with van der Waals surface area (Å²) in [7, 11) is 3.51. The fourth-order valence-corrected chi connectivity index (χ4v) is 2.75. The first-order valence-corrected chi connectivity index (χ1v) is 8.40. The van der Waals surface area contributed by atoms with Crippen LogP contribution in [0.3, 0.4) is 0 Å². The number of aryl methyl sites for hydroxylation is 1. The molecular weight excluding hydrogens is 332 g/mol. The van der Waals surface area contributed by atoms with Gasteiger partial charge in [-0.3, -0.25) is 9.67 Å². The Labute approximate surface area is 151 Å². The summed E-state index contributed by atoms with van der Waals surface area (Å²) in [6.45, 7) is 4.62. The van der Waals surface area contributed by atoms with Gasteiger partial charge in [0.1, 0.15) is 11.3 Å². The van der Waals surface area contributed by atoms with Gasteiger partial charge in [-0.25, -0.2) is 4.79 Å². The molecule has 0 bridgehead atoms. The number of hydrogen-bond acceptors (Lipinski definition) is 6. The van der Waals surface area contributed by atoms with E-state index in [0.717, 1.165) is 22.2 Å². The van der Waals surface area contributed by atoms with Crippen molar-refractivity contribution in [1.82, 2.24) is 14.8 Å². The molecule has 3 aromatic rings. The fraction of sp³-hybridized carbons (Fsp3) is 0.316. The number of carbonyl (C=O) groups excluding carboxylic acids is 1. The van der Waals surface area contributed by atoms with Crippen molar-refractivity contribution in [3.8, 4) is 5.75 Å². The highest BCUT2D eigenvalue weighted by molar-refractivity contribution is 6.05. The van der Waals surface area contributed by atoms with Crippen LogP contribution in [0.15, 0.2) is 30.6 Å². The molecule has 0 aliphatic rings. The van der Waals surface area contributed by atoms with E-state index in [9.17, 15) is 4.79 Å². The summed E-state index contributed by atoms with van der Waals surface area (Å²) in [5.41, 5.74) is 3.95. The molecule has 0 saturated carbocycles.